The minimum Gasteiger partial charge on any atom is -0.351 e. The topological polar surface area (TPSA) is 49.4 Å². The molecule has 4 nitrogen and oxygen atoms in total. The minimum absolute atomic E-state index is 0.0557. The average Bonchev–Trinajstić information content (AvgIpc) is 2.66. The highest BCUT2D eigenvalue weighted by Crippen LogP contribution is 2.30. The summed E-state index contributed by atoms with van der Waals surface area (Å²) in [6.45, 7) is 5.29. The predicted octanol–water partition coefficient (Wildman–Crippen LogP) is 3.69. The number of carbonyl (C=O) groups is 2. The lowest BCUT2D eigenvalue weighted by molar-refractivity contribution is -0.132. The quantitative estimate of drug-likeness (QED) is 0.895. The van der Waals surface area contributed by atoms with Crippen molar-refractivity contribution in [1.29, 1.82) is 0 Å². The summed E-state index contributed by atoms with van der Waals surface area (Å²) in [7, 11) is 0. The molecular formula is C22H25FN2O2. The number of nitrogens with zero attached hydrogens (tertiary/aromatic N) is 1. The molecule has 1 aliphatic heterocycles. The fourth-order valence-electron chi connectivity index (χ4n) is 3.50. The van der Waals surface area contributed by atoms with E-state index in [-0.39, 0.29) is 11.8 Å². The van der Waals surface area contributed by atoms with E-state index in [0.717, 1.165) is 18.4 Å². The van der Waals surface area contributed by atoms with Gasteiger partial charge in [-0.2, -0.15) is 0 Å². The molecule has 1 N–H and O–H groups in total. The van der Waals surface area contributed by atoms with Gasteiger partial charge in [-0.3, -0.25) is 9.59 Å². The van der Waals surface area contributed by atoms with Gasteiger partial charge in [-0.15, -0.1) is 0 Å². The number of hydrogen-bond donors (Lipinski definition) is 1. The van der Waals surface area contributed by atoms with E-state index >= 15 is 0 Å². The van der Waals surface area contributed by atoms with Crippen LogP contribution in [0.3, 0.4) is 0 Å². The van der Waals surface area contributed by atoms with Gasteiger partial charge in [0, 0.05) is 25.2 Å². The van der Waals surface area contributed by atoms with Crippen molar-refractivity contribution in [1.82, 2.24) is 10.2 Å². The Morgan fingerprint density at radius 3 is 2.63 bits per heavy atom. The van der Waals surface area contributed by atoms with Crippen molar-refractivity contribution in [3.05, 3.63) is 71.0 Å². The van der Waals surface area contributed by atoms with Gasteiger partial charge < -0.3 is 10.2 Å². The summed E-state index contributed by atoms with van der Waals surface area (Å²) in [4.78, 5) is 27.2. The maximum absolute atomic E-state index is 13.4. The van der Waals surface area contributed by atoms with Crippen LogP contribution in [0.5, 0.6) is 0 Å². The van der Waals surface area contributed by atoms with E-state index in [1.54, 1.807) is 11.0 Å². The molecule has 0 aliphatic carbocycles. The van der Waals surface area contributed by atoms with Crippen LogP contribution in [0.4, 0.5) is 4.39 Å². The van der Waals surface area contributed by atoms with Gasteiger partial charge in [0.2, 0.25) is 5.91 Å². The molecule has 1 saturated heterocycles. The van der Waals surface area contributed by atoms with E-state index in [1.165, 1.54) is 23.8 Å². The van der Waals surface area contributed by atoms with Gasteiger partial charge in [-0.25, -0.2) is 4.39 Å². The highest BCUT2D eigenvalue weighted by molar-refractivity contribution is 5.95. The third-order valence-electron chi connectivity index (χ3n) is 5.18. The SMILES string of the molecule is Cc1ccc(CNC(=O)C2(C)CCCN(C(=O)c3cccc(F)c3)C2)cc1. The fraction of sp³-hybridized carbons (Fsp3) is 0.364. The number of nitrogens with one attached hydrogen (secondary N) is 1. The Bertz CT molecular complexity index is 834. The zero-order chi connectivity index (χ0) is 19.4. The number of likely N-dealkylation sites (tertiary alicyclic amines) is 1. The zero-order valence-corrected chi connectivity index (χ0v) is 15.8. The molecule has 27 heavy (non-hydrogen) atoms. The molecule has 2 aromatic rings. The molecule has 5 heteroatoms. The largest absolute Gasteiger partial charge is 0.351 e. The second kappa shape index (κ2) is 7.91. The van der Waals surface area contributed by atoms with E-state index in [1.807, 2.05) is 38.1 Å². The lowest BCUT2D eigenvalue weighted by Crippen LogP contribution is -2.51. The van der Waals surface area contributed by atoms with Crippen LogP contribution in [0.1, 0.15) is 41.3 Å². The molecule has 142 valence electrons. The van der Waals surface area contributed by atoms with Gasteiger partial charge in [0.15, 0.2) is 0 Å². The predicted molar refractivity (Wildman–Crippen MR) is 103 cm³/mol. The molecule has 0 radical (unpaired) electrons. The molecule has 1 heterocycles. The van der Waals surface area contributed by atoms with Crippen molar-refractivity contribution < 1.29 is 14.0 Å². The van der Waals surface area contributed by atoms with E-state index < -0.39 is 11.2 Å². The molecule has 1 aliphatic rings. The van der Waals surface area contributed by atoms with Crippen molar-refractivity contribution >= 4 is 11.8 Å². The summed E-state index contributed by atoms with van der Waals surface area (Å²) in [6, 6.07) is 13.7. The second-order valence-electron chi connectivity index (χ2n) is 7.57. The number of amides is 2. The van der Waals surface area contributed by atoms with Crippen LogP contribution in [-0.2, 0) is 11.3 Å². The second-order valence-corrected chi connectivity index (χ2v) is 7.57. The van der Waals surface area contributed by atoms with Gasteiger partial charge in [0.05, 0.1) is 5.41 Å². The van der Waals surface area contributed by atoms with Crippen molar-refractivity contribution in [3.8, 4) is 0 Å². The summed E-state index contributed by atoms with van der Waals surface area (Å²) in [5.74, 6) is -0.719. The molecule has 0 spiro atoms. The zero-order valence-electron chi connectivity index (χ0n) is 15.8. The molecule has 1 fully saturated rings. The van der Waals surface area contributed by atoms with Crippen molar-refractivity contribution in [2.75, 3.05) is 13.1 Å². The van der Waals surface area contributed by atoms with E-state index in [0.29, 0.717) is 25.2 Å². The summed E-state index contributed by atoms with van der Waals surface area (Å²) in [5, 5.41) is 3.00. The molecule has 2 aromatic carbocycles. The number of halogens is 1. The van der Waals surface area contributed by atoms with Crippen LogP contribution in [0.25, 0.3) is 0 Å². The monoisotopic (exact) mass is 368 g/mol. The number of benzene rings is 2. The first kappa shape index (κ1) is 19.1. The molecule has 0 saturated carbocycles. The van der Waals surface area contributed by atoms with Crippen LogP contribution < -0.4 is 5.32 Å². The first-order valence-corrected chi connectivity index (χ1v) is 9.26. The molecule has 0 bridgehead atoms. The third kappa shape index (κ3) is 4.54. The highest BCUT2D eigenvalue weighted by atomic mass is 19.1. The molecule has 1 unspecified atom stereocenters. The van der Waals surface area contributed by atoms with E-state index in [4.69, 9.17) is 0 Å². The lowest BCUT2D eigenvalue weighted by Gasteiger charge is -2.39. The minimum atomic E-state index is -0.647. The lowest BCUT2D eigenvalue weighted by atomic mass is 9.80. The average molecular weight is 368 g/mol. The first-order valence-electron chi connectivity index (χ1n) is 9.26. The Kier molecular flexibility index (Phi) is 5.59. The smallest absolute Gasteiger partial charge is 0.253 e. The Balaban J connectivity index is 1.65. The fourth-order valence-corrected chi connectivity index (χ4v) is 3.50. The van der Waals surface area contributed by atoms with E-state index in [9.17, 15) is 14.0 Å². The van der Waals surface area contributed by atoms with Gasteiger partial charge in [-0.05, 0) is 50.5 Å². The van der Waals surface area contributed by atoms with Gasteiger partial charge in [0.1, 0.15) is 5.82 Å². The number of carbonyl (C=O) groups excluding carboxylic acids is 2. The summed E-state index contributed by atoms with van der Waals surface area (Å²) < 4.78 is 13.4. The Morgan fingerprint density at radius 1 is 1.19 bits per heavy atom. The Labute approximate surface area is 159 Å². The van der Waals surface area contributed by atoms with Gasteiger partial charge in [0.25, 0.3) is 5.91 Å². The Hall–Kier alpha value is -2.69. The van der Waals surface area contributed by atoms with Gasteiger partial charge >= 0.3 is 0 Å². The normalized spacial score (nSPS) is 19.6. The molecule has 1 atom stereocenters. The number of piperidine rings is 1. The summed E-state index contributed by atoms with van der Waals surface area (Å²) >= 11 is 0. The number of aryl methyl sites for hydroxylation is 1. The van der Waals surface area contributed by atoms with Crippen LogP contribution in [0.15, 0.2) is 48.5 Å². The Morgan fingerprint density at radius 2 is 1.93 bits per heavy atom. The molecular weight excluding hydrogens is 343 g/mol. The number of hydrogen-bond acceptors (Lipinski definition) is 2. The van der Waals surface area contributed by atoms with Crippen molar-refractivity contribution in [2.45, 2.75) is 33.2 Å². The standard InChI is InChI=1S/C22H25FN2O2/c1-16-7-9-17(10-8-16)14-24-21(27)22(2)11-4-12-25(15-22)20(26)18-5-3-6-19(23)13-18/h3,5-10,13H,4,11-12,14-15H2,1-2H3,(H,24,27). The van der Waals surface area contributed by atoms with Crippen LogP contribution in [0.2, 0.25) is 0 Å². The molecule has 0 aromatic heterocycles. The maximum atomic E-state index is 13.4. The van der Waals surface area contributed by atoms with Crippen LogP contribution >= 0.6 is 0 Å². The third-order valence-corrected chi connectivity index (χ3v) is 5.18. The summed E-state index contributed by atoms with van der Waals surface area (Å²) in [5.41, 5.74) is 1.89. The molecule has 3 rings (SSSR count). The van der Waals surface area contributed by atoms with Crippen LogP contribution in [0, 0.1) is 18.2 Å². The van der Waals surface area contributed by atoms with Crippen LogP contribution in [-0.4, -0.2) is 29.8 Å². The first-order chi connectivity index (χ1) is 12.9. The van der Waals surface area contributed by atoms with Crippen molar-refractivity contribution in [2.24, 2.45) is 5.41 Å². The summed E-state index contributed by atoms with van der Waals surface area (Å²) in [6.07, 6.45) is 1.47. The van der Waals surface area contributed by atoms with Gasteiger partial charge in [-0.1, -0.05) is 35.9 Å². The molecule has 2 amide bonds. The highest BCUT2D eigenvalue weighted by Gasteiger charge is 2.39. The van der Waals surface area contributed by atoms with Crippen molar-refractivity contribution in [3.63, 3.8) is 0 Å². The van der Waals surface area contributed by atoms with E-state index in [2.05, 4.69) is 5.32 Å². The number of rotatable bonds is 4. The maximum Gasteiger partial charge on any atom is 0.253 e.